The van der Waals surface area contributed by atoms with Gasteiger partial charge in [-0.25, -0.2) is 0 Å². The van der Waals surface area contributed by atoms with Crippen LogP contribution in [0.1, 0.15) is 31.2 Å². The molecule has 0 saturated heterocycles. The molecule has 0 amide bonds. The zero-order chi connectivity index (χ0) is 12.8. The van der Waals surface area contributed by atoms with Gasteiger partial charge in [0.2, 0.25) is 0 Å². The predicted octanol–water partition coefficient (Wildman–Crippen LogP) is 3.28. The molecule has 1 aromatic rings. The second-order valence-electron chi connectivity index (χ2n) is 4.82. The lowest BCUT2D eigenvalue weighted by Gasteiger charge is -2.29. The summed E-state index contributed by atoms with van der Waals surface area (Å²) in [5.74, 6) is 2.92. The van der Waals surface area contributed by atoms with E-state index in [0.29, 0.717) is 12.0 Å². The van der Waals surface area contributed by atoms with E-state index in [9.17, 15) is 0 Å². The van der Waals surface area contributed by atoms with Crippen LogP contribution in [-0.2, 0) is 0 Å². The van der Waals surface area contributed by atoms with Gasteiger partial charge in [-0.05, 0) is 43.2 Å². The van der Waals surface area contributed by atoms with E-state index in [1.54, 1.807) is 0 Å². The number of hydrogen-bond donors (Lipinski definition) is 1. The van der Waals surface area contributed by atoms with E-state index in [2.05, 4.69) is 42.8 Å². The summed E-state index contributed by atoms with van der Waals surface area (Å²) in [4.78, 5) is 0. The average molecular weight is 265 g/mol. The predicted molar refractivity (Wildman–Crippen MR) is 79.8 cm³/mol. The first kappa shape index (κ1) is 13.8. The van der Waals surface area contributed by atoms with Crippen molar-refractivity contribution in [3.05, 3.63) is 29.8 Å². The first-order valence-electron chi connectivity index (χ1n) is 6.79. The molecule has 0 fully saturated rings. The molecule has 3 heteroatoms. The Morgan fingerprint density at radius 3 is 3.06 bits per heavy atom. The highest BCUT2D eigenvalue weighted by Crippen LogP contribution is 2.36. The van der Waals surface area contributed by atoms with E-state index in [-0.39, 0.29) is 0 Å². The maximum atomic E-state index is 5.73. The quantitative estimate of drug-likeness (QED) is 0.853. The molecule has 2 unspecified atom stereocenters. The second kappa shape index (κ2) is 7.05. The molecular weight excluding hydrogens is 242 g/mol. The minimum absolute atomic E-state index is 0.612. The standard InChI is InChI=1S/C15H23NOS/c1-3-16-13(11-18-2)10-12-8-9-17-15-7-5-4-6-14(12)15/h4-7,12-13,16H,3,8-11H2,1-2H3. The lowest BCUT2D eigenvalue weighted by atomic mass is 9.88. The zero-order valence-corrected chi connectivity index (χ0v) is 12.1. The monoisotopic (exact) mass is 265 g/mol. The van der Waals surface area contributed by atoms with E-state index in [4.69, 9.17) is 4.74 Å². The van der Waals surface area contributed by atoms with Crippen LogP contribution >= 0.6 is 11.8 Å². The number of hydrogen-bond acceptors (Lipinski definition) is 3. The molecular formula is C15H23NOS. The molecule has 0 saturated carbocycles. The van der Waals surface area contributed by atoms with Crippen molar-refractivity contribution < 1.29 is 4.74 Å². The van der Waals surface area contributed by atoms with Gasteiger partial charge in [-0.15, -0.1) is 0 Å². The Morgan fingerprint density at radius 2 is 2.28 bits per heavy atom. The molecule has 1 aliphatic heterocycles. The van der Waals surface area contributed by atoms with Crippen molar-refractivity contribution in [2.75, 3.05) is 25.2 Å². The SMILES string of the molecule is CCNC(CSC)CC1CCOc2ccccc21. The Morgan fingerprint density at radius 1 is 1.44 bits per heavy atom. The van der Waals surface area contributed by atoms with Gasteiger partial charge in [0.15, 0.2) is 0 Å². The number of rotatable bonds is 6. The molecule has 1 aromatic carbocycles. The number of nitrogens with one attached hydrogen (secondary N) is 1. The molecule has 18 heavy (non-hydrogen) atoms. The van der Waals surface area contributed by atoms with E-state index >= 15 is 0 Å². The summed E-state index contributed by atoms with van der Waals surface area (Å²) in [6.45, 7) is 4.10. The molecule has 1 aliphatic rings. The van der Waals surface area contributed by atoms with Gasteiger partial charge in [-0.2, -0.15) is 11.8 Å². The van der Waals surface area contributed by atoms with Crippen molar-refractivity contribution >= 4 is 11.8 Å². The molecule has 0 aromatic heterocycles. The molecule has 0 bridgehead atoms. The highest BCUT2D eigenvalue weighted by atomic mass is 32.2. The molecule has 2 nitrogen and oxygen atoms in total. The maximum absolute atomic E-state index is 5.73. The fourth-order valence-corrected chi connectivity index (χ4v) is 3.36. The Kier molecular flexibility index (Phi) is 5.39. The van der Waals surface area contributed by atoms with Gasteiger partial charge in [-0.3, -0.25) is 0 Å². The Hall–Kier alpha value is -0.670. The normalized spacial score (nSPS) is 20.0. The van der Waals surface area contributed by atoms with Crippen LogP contribution < -0.4 is 10.1 Å². The third-order valence-corrected chi connectivity index (χ3v) is 4.25. The van der Waals surface area contributed by atoms with Crippen molar-refractivity contribution in [3.63, 3.8) is 0 Å². The Labute approximate surface area is 114 Å². The zero-order valence-electron chi connectivity index (χ0n) is 11.3. The van der Waals surface area contributed by atoms with Crippen LogP contribution in [0.25, 0.3) is 0 Å². The summed E-state index contributed by atoms with van der Waals surface area (Å²) in [5, 5.41) is 3.60. The Bertz CT molecular complexity index is 363. The highest BCUT2D eigenvalue weighted by molar-refractivity contribution is 7.98. The number of fused-ring (bicyclic) bond motifs is 1. The third-order valence-electron chi connectivity index (χ3n) is 3.51. The summed E-state index contributed by atoms with van der Waals surface area (Å²) in [5.41, 5.74) is 1.40. The minimum Gasteiger partial charge on any atom is -0.493 e. The molecule has 0 aliphatic carbocycles. The van der Waals surface area contributed by atoms with Crippen LogP contribution in [0.4, 0.5) is 0 Å². The van der Waals surface area contributed by atoms with Crippen LogP contribution in [-0.4, -0.2) is 31.2 Å². The van der Waals surface area contributed by atoms with E-state index in [1.807, 2.05) is 11.8 Å². The fraction of sp³-hybridized carbons (Fsp3) is 0.600. The summed E-state index contributed by atoms with van der Waals surface area (Å²) in [6.07, 6.45) is 4.55. The van der Waals surface area contributed by atoms with Gasteiger partial charge < -0.3 is 10.1 Å². The van der Waals surface area contributed by atoms with Gasteiger partial charge in [0.05, 0.1) is 6.61 Å². The number of ether oxygens (including phenoxy) is 1. The smallest absolute Gasteiger partial charge is 0.122 e. The van der Waals surface area contributed by atoms with Crippen LogP contribution in [0.2, 0.25) is 0 Å². The molecule has 2 atom stereocenters. The highest BCUT2D eigenvalue weighted by Gasteiger charge is 2.23. The van der Waals surface area contributed by atoms with Crippen molar-refractivity contribution in [3.8, 4) is 5.75 Å². The molecule has 0 spiro atoms. The van der Waals surface area contributed by atoms with E-state index in [0.717, 1.165) is 25.3 Å². The average Bonchev–Trinajstić information content (AvgIpc) is 2.40. The molecule has 2 rings (SSSR count). The van der Waals surface area contributed by atoms with E-state index in [1.165, 1.54) is 17.7 Å². The van der Waals surface area contributed by atoms with Gasteiger partial charge in [0.25, 0.3) is 0 Å². The second-order valence-corrected chi connectivity index (χ2v) is 5.73. The maximum Gasteiger partial charge on any atom is 0.122 e. The lowest BCUT2D eigenvalue weighted by Crippen LogP contribution is -2.33. The van der Waals surface area contributed by atoms with Gasteiger partial charge >= 0.3 is 0 Å². The van der Waals surface area contributed by atoms with Crippen molar-refractivity contribution in [2.24, 2.45) is 0 Å². The first-order valence-corrected chi connectivity index (χ1v) is 8.18. The van der Waals surface area contributed by atoms with Crippen LogP contribution in [0.15, 0.2) is 24.3 Å². The largest absolute Gasteiger partial charge is 0.493 e. The topological polar surface area (TPSA) is 21.3 Å². The molecule has 100 valence electrons. The van der Waals surface area contributed by atoms with Gasteiger partial charge in [-0.1, -0.05) is 25.1 Å². The van der Waals surface area contributed by atoms with Crippen LogP contribution in [0.3, 0.4) is 0 Å². The van der Waals surface area contributed by atoms with Crippen molar-refractivity contribution in [2.45, 2.75) is 31.7 Å². The third kappa shape index (κ3) is 3.42. The first-order chi connectivity index (χ1) is 8.85. The number of thioether (sulfide) groups is 1. The van der Waals surface area contributed by atoms with Gasteiger partial charge in [0.1, 0.15) is 5.75 Å². The summed E-state index contributed by atoms with van der Waals surface area (Å²) < 4.78 is 5.73. The van der Waals surface area contributed by atoms with Crippen LogP contribution in [0.5, 0.6) is 5.75 Å². The Balaban J connectivity index is 2.05. The lowest BCUT2D eigenvalue weighted by molar-refractivity contribution is 0.257. The molecule has 1 N–H and O–H groups in total. The number of benzene rings is 1. The van der Waals surface area contributed by atoms with Crippen LogP contribution in [0, 0.1) is 0 Å². The van der Waals surface area contributed by atoms with E-state index < -0.39 is 0 Å². The van der Waals surface area contributed by atoms with Gasteiger partial charge in [0, 0.05) is 11.8 Å². The molecule has 1 heterocycles. The molecule has 0 radical (unpaired) electrons. The minimum atomic E-state index is 0.612. The van der Waals surface area contributed by atoms with Crippen molar-refractivity contribution in [1.29, 1.82) is 0 Å². The summed E-state index contributed by atoms with van der Waals surface area (Å²) in [6, 6.07) is 9.11. The number of para-hydroxylation sites is 1. The summed E-state index contributed by atoms with van der Waals surface area (Å²) >= 11 is 1.93. The fourth-order valence-electron chi connectivity index (χ4n) is 2.70. The van der Waals surface area contributed by atoms with Crippen molar-refractivity contribution in [1.82, 2.24) is 5.32 Å². The summed E-state index contributed by atoms with van der Waals surface area (Å²) in [7, 11) is 0.